The first-order valence-corrected chi connectivity index (χ1v) is 5.17. The Morgan fingerprint density at radius 2 is 1.80 bits per heavy atom. The van der Waals surface area contributed by atoms with Crippen molar-refractivity contribution in [3.05, 3.63) is 35.1 Å². The predicted octanol–water partition coefficient (Wildman–Crippen LogP) is 2.23. The number of hydrogen-bond acceptors (Lipinski definition) is 1. The van der Waals surface area contributed by atoms with E-state index in [0.29, 0.717) is 24.0 Å². The number of nitrogens with one attached hydrogen (secondary N) is 1. The van der Waals surface area contributed by atoms with Gasteiger partial charge in [0.05, 0.1) is 0 Å². The van der Waals surface area contributed by atoms with E-state index in [0.717, 1.165) is 0 Å². The minimum absolute atomic E-state index is 0.243. The largest absolute Gasteiger partial charge is 0.351 e. The fourth-order valence-electron chi connectivity index (χ4n) is 0.949. The molecule has 0 bridgehead atoms. The molecule has 0 unspecified atom stereocenters. The van der Waals surface area contributed by atoms with Crippen molar-refractivity contribution in [3.8, 4) is 0 Å². The van der Waals surface area contributed by atoms with Crippen LogP contribution in [0.2, 0.25) is 0 Å². The molecule has 6 heteroatoms. The van der Waals surface area contributed by atoms with Gasteiger partial charge in [0.1, 0.15) is 0 Å². The van der Waals surface area contributed by atoms with Crippen LogP contribution in [-0.4, -0.2) is 17.8 Å². The SMILES string of the molecule is O=C(NCCBr)c1cc(F)c(F)c(F)c1. The second kappa shape index (κ2) is 5.16. The lowest BCUT2D eigenvalue weighted by Gasteiger charge is -2.04. The van der Waals surface area contributed by atoms with Crippen LogP contribution in [0.5, 0.6) is 0 Å². The number of carbonyl (C=O) groups excluding carboxylic acids is 1. The van der Waals surface area contributed by atoms with Crippen molar-refractivity contribution in [1.29, 1.82) is 0 Å². The minimum atomic E-state index is -1.58. The van der Waals surface area contributed by atoms with Crippen LogP contribution in [0.1, 0.15) is 10.4 Å². The third-order valence-corrected chi connectivity index (χ3v) is 2.02. The maximum absolute atomic E-state index is 12.7. The average Bonchev–Trinajstić information content (AvgIpc) is 2.21. The van der Waals surface area contributed by atoms with Crippen molar-refractivity contribution in [2.24, 2.45) is 0 Å². The van der Waals surface area contributed by atoms with Crippen LogP contribution in [0.15, 0.2) is 12.1 Å². The van der Waals surface area contributed by atoms with E-state index >= 15 is 0 Å². The van der Waals surface area contributed by atoms with Crippen molar-refractivity contribution in [1.82, 2.24) is 5.32 Å². The highest BCUT2D eigenvalue weighted by atomic mass is 79.9. The molecule has 0 radical (unpaired) electrons. The number of carbonyl (C=O) groups is 1. The summed E-state index contributed by atoms with van der Waals surface area (Å²) in [5, 5.41) is 2.90. The lowest BCUT2D eigenvalue weighted by molar-refractivity contribution is 0.0955. The molecule has 0 fully saturated rings. The van der Waals surface area contributed by atoms with Crippen LogP contribution in [0.25, 0.3) is 0 Å². The normalized spacial score (nSPS) is 10.1. The van der Waals surface area contributed by atoms with E-state index < -0.39 is 23.4 Å². The second-order valence-electron chi connectivity index (χ2n) is 2.70. The Bertz CT molecular complexity index is 361. The second-order valence-corrected chi connectivity index (χ2v) is 3.49. The maximum Gasteiger partial charge on any atom is 0.251 e. The molecule has 0 aliphatic rings. The third-order valence-electron chi connectivity index (χ3n) is 1.63. The molecular formula is C9H7BrF3NO. The van der Waals surface area contributed by atoms with Crippen molar-refractivity contribution >= 4 is 21.8 Å². The number of halogens is 4. The number of rotatable bonds is 3. The first-order chi connectivity index (χ1) is 7.06. The van der Waals surface area contributed by atoms with E-state index in [4.69, 9.17) is 0 Å². The standard InChI is InChI=1S/C9H7BrF3NO/c10-1-2-14-9(15)5-3-6(11)8(13)7(12)4-5/h3-4H,1-2H2,(H,14,15). The van der Waals surface area contributed by atoms with Gasteiger partial charge in [0.2, 0.25) is 0 Å². The van der Waals surface area contributed by atoms with E-state index in [-0.39, 0.29) is 5.56 Å². The Labute approximate surface area is 92.6 Å². The zero-order valence-corrected chi connectivity index (χ0v) is 9.08. The molecule has 1 aromatic carbocycles. The molecule has 0 heterocycles. The summed E-state index contributed by atoms with van der Waals surface area (Å²) in [6.07, 6.45) is 0. The van der Waals surface area contributed by atoms with Crippen molar-refractivity contribution < 1.29 is 18.0 Å². The minimum Gasteiger partial charge on any atom is -0.351 e. The lowest BCUT2D eigenvalue weighted by Crippen LogP contribution is -2.25. The molecule has 1 aromatic rings. The van der Waals surface area contributed by atoms with E-state index in [2.05, 4.69) is 21.2 Å². The van der Waals surface area contributed by atoms with Crippen LogP contribution in [0.4, 0.5) is 13.2 Å². The van der Waals surface area contributed by atoms with Gasteiger partial charge in [-0.15, -0.1) is 0 Å². The first-order valence-electron chi connectivity index (χ1n) is 4.05. The Hall–Kier alpha value is -1.04. The average molecular weight is 282 g/mol. The van der Waals surface area contributed by atoms with E-state index in [1.165, 1.54) is 0 Å². The van der Waals surface area contributed by atoms with Gasteiger partial charge in [0.25, 0.3) is 5.91 Å². The molecule has 0 aliphatic carbocycles. The van der Waals surface area contributed by atoms with E-state index in [1.807, 2.05) is 0 Å². The summed E-state index contributed by atoms with van der Waals surface area (Å²) >= 11 is 3.07. The van der Waals surface area contributed by atoms with Gasteiger partial charge in [0, 0.05) is 17.4 Å². The summed E-state index contributed by atoms with van der Waals surface area (Å²) < 4.78 is 38.0. The molecule has 0 spiro atoms. The number of benzene rings is 1. The van der Waals surface area contributed by atoms with Gasteiger partial charge in [-0.2, -0.15) is 0 Å². The molecule has 0 saturated heterocycles. The highest BCUT2D eigenvalue weighted by molar-refractivity contribution is 9.09. The van der Waals surface area contributed by atoms with Crippen LogP contribution in [0, 0.1) is 17.5 Å². The molecule has 1 rings (SSSR count). The molecule has 2 nitrogen and oxygen atoms in total. The fraction of sp³-hybridized carbons (Fsp3) is 0.222. The molecule has 15 heavy (non-hydrogen) atoms. The van der Waals surface area contributed by atoms with Gasteiger partial charge >= 0.3 is 0 Å². The summed E-state index contributed by atoms with van der Waals surface area (Å²) in [6.45, 7) is 0.319. The fourth-order valence-corrected chi connectivity index (χ4v) is 1.15. The quantitative estimate of drug-likeness (QED) is 0.668. The van der Waals surface area contributed by atoms with Crippen LogP contribution >= 0.6 is 15.9 Å². The van der Waals surface area contributed by atoms with Crippen molar-refractivity contribution in [2.75, 3.05) is 11.9 Å². The molecular weight excluding hydrogens is 275 g/mol. The van der Waals surface area contributed by atoms with Crippen molar-refractivity contribution in [3.63, 3.8) is 0 Å². The van der Waals surface area contributed by atoms with Crippen LogP contribution in [-0.2, 0) is 0 Å². The summed E-state index contributed by atoms with van der Waals surface area (Å²) in [5.74, 6) is -4.97. The highest BCUT2D eigenvalue weighted by Crippen LogP contribution is 2.13. The summed E-state index contributed by atoms with van der Waals surface area (Å²) in [6, 6.07) is 1.31. The number of alkyl halides is 1. The van der Waals surface area contributed by atoms with Gasteiger partial charge in [-0.25, -0.2) is 13.2 Å². The van der Waals surface area contributed by atoms with Gasteiger partial charge in [-0.05, 0) is 12.1 Å². The topological polar surface area (TPSA) is 29.1 Å². The first kappa shape index (κ1) is 12.0. The number of hydrogen-bond donors (Lipinski definition) is 1. The predicted molar refractivity (Wildman–Crippen MR) is 52.4 cm³/mol. The zero-order chi connectivity index (χ0) is 11.4. The van der Waals surface area contributed by atoms with Crippen molar-refractivity contribution in [2.45, 2.75) is 0 Å². The van der Waals surface area contributed by atoms with Crippen LogP contribution < -0.4 is 5.32 Å². The Morgan fingerprint density at radius 3 is 2.27 bits per heavy atom. The summed E-state index contributed by atoms with van der Waals surface area (Å²) in [4.78, 5) is 11.2. The monoisotopic (exact) mass is 281 g/mol. The molecule has 0 saturated carbocycles. The zero-order valence-electron chi connectivity index (χ0n) is 7.49. The maximum atomic E-state index is 12.7. The van der Waals surface area contributed by atoms with Gasteiger partial charge in [-0.3, -0.25) is 4.79 Å². The Balaban J connectivity index is 2.91. The molecule has 1 N–H and O–H groups in total. The van der Waals surface area contributed by atoms with Gasteiger partial charge < -0.3 is 5.32 Å². The highest BCUT2D eigenvalue weighted by Gasteiger charge is 2.14. The Kier molecular flexibility index (Phi) is 4.14. The smallest absolute Gasteiger partial charge is 0.251 e. The molecule has 0 aromatic heterocycles. The molecule has 1 amide bonds. The van der Waals surface area contributed by atoms with E-state index in [9.17, 15) is 18.0 Å². The molecule has 82 valence electrons. The van der Waals surface area contributed by atoms with Gasteiger partial charge in [0.15, 0.2) is 17.5 Å². The molecule has 0 aliphatic heterocycles. The number of amides is 1. The third kappa shape index (κ3) is 2.95. The van der Waals surface area contributed by atoms with Gasteiger partial charge in [-0.1, -0.05) is 15.9 Å². The Morgan fingerprint density at radius 1 is 1.27 bits per heavy atom. The summed E-state index contributed by atoms with van der Waals surface area (Å²) in [5.41, 5.74) is -0.243. The van der Waals surface area contributed by atoms with Crippen LogP contribution in [0.3, 0.4) is 0 Å². The lowest BCUT2D eigenvalue weighted by atomic mass is 10.2. The molecule has 0 atom stereocenters. The summed E-state index contributed by atoms with van der Waals surface area (Å²) in [7, 11) is 0. The van der Waals surface area contributed by atoms with E-state index in [1.54, 1.807) is 0 Å².